The molecule has 0 spiro atoms. The number of rotatable bonds is 2. The van der Waals surface area contributed by atoms with Crippen LogP contribution in [0.3, 0.4) is 0 Å². The molecule has 68 valence electrons. The maximum absolute atomic E-state index is 5.55. The standard InChI is InChI=1S/C8H17NO.ClH/c1-8(2)5-7(3-4-9)6-10-8;/h7H,3-6,9H2,1-2H3;1H. The quantitative estimate of drug-likeness (QED) is 0.699. The van der Waals surface area contributed by atoms with Gasteiger partial charge in [-0.2, -0.15) is 0 Å². The van der Waals surface area contributed by atoms with Crippen molar-refractivity contribution < 1.29 is 4.74 Å². The molecule has 2 N–H and O–H groups in total. The van der Waals surface area contributed by atoms with Gasteiger partial charge in [0.1, 0.15) is 0 Å². The molecule has 1 saturated heterocycles. The van der Waals surface area contributed by atoms with Gasteiger partial charge in [0.25, 0.3) is 0 Å². The summed E-state index contributed by atoms with van der Waals surface area (Å²) in [6.07, 6.45) is 2.29. The molecule has 1 atom stereocenters. The fourth-order valence-electron chi connectivity index (χ4n) is 1.58. The number of ether oxygens (including phenoxy) is 1. The summed E-state index contributed by atoms with van der Waals surface area (Å²) in [6.45, 7) is 5.99. The van der Waals surface area contributed by atoms with Gasteiger partial charge in [-0.25, -0.2) is 0 Å². The van der Waals surface area contributed by atoms with Gasteiger partial charge in [-0.3, -0.25) is 0 Å². The molecule has 1 aliphatic rings. The van der Waals surface area contributed by atoms with Crippen molar-refractivity contribution in [2.75, 3.05) is 13.2 Å². The Hall–Kier alpha value is 0.210. The molecule has 1 fully saturated rings. The van der Waals surface area contributed by atoms with Crippen LogP contribution in [0.15, 0.2) is 0 Å². The van der Waals surface area contributed by atoms with Crippen LogP contribution in [0.5, 0.6) is 0 Å². The third-order valence-corrected chi connectivity index (χ3v) is 2.06. The third-order valence-electron chi connectivity index (χ3n) is 2.06. The first-order valence-corrected chi connectivity index (χ1v) is 3.98. The van der Waals surface area contributed by atoms with Crippen LogP contribution in [0.4, 0.5) is 0 Å². The minimum Gasteiger partial charge on any atom is -0.375 e. The molecule has 1 rings (SSSR count). The Labute approximate surface area is 74.9 Å². The van der Waals surface area contributed by atoms with Crippen LogP contribution in [0.2, 0.25) is 0 Å². The summed E-state index contributed by atoms with van der Waals surface area (Å²) < 4.78 is 5.55. The molecule has 1 heterocycles. The highest BCUT2D eigenvalue weighted by molar-refractivity contribution is 5.85. The molecule has 0 bridgehead atoms. The molecule has 0 aliphatic carbocycles. The van der Waals surface area contributed by atoms with Crippen LogP contribution in [0, 0.1) is 5.92 Å². The minimum absolute atomic E-state index is 0. The number of nitrogens with two attached hydrogens (primary N) is 1. The molecule has 0 aromatic carbocycles. The summed E-state index contributed by atoms with van der Waals surface area (Å²) in [5.41, 5.74) is 5.55. The van der Waals surface area contributed by atoms with Gasteiger partial charge in [0, 0.05) is 0 Å². The smallest absolute Gasteiger partial charge is 0.0630 e. The van der Waals surface area contributed by atoms with Crippen molar-refractivity contribution in [3.05, 3.63) is 0 Å². The number of hydrogen-bond donors (Lipinski definition) is 1. The lowest BCUT2D eigenvalue weighted by atomic mass is 9.95. The maximum atomic E-state index is 5.55. The van der Waals surface area contributed by atoms with Crippen molar-refractivity contribution in [1.29, 1.82) is 0 Å². The zero-order chi connectivity index (χ0) is 7.61. The van der Waals surface area contributed by atoms with Crippen molar-refractivity contribution in [3.63, 3.8) is 0 Å². The summed E-state index contributed by atoms with van der Waals surface area (Å²) in [5, 5.41) is 0. The maximum Gasteiger partial charge on any atom is 0.0630 e. The van der Waals surface area contributed by atoms with E-state index in [1.54, 1.807) is 0 Å². The second-order valence-electron chi connectivity index (χ2n) is 3.72. The largest absolute Gasteiger partial charge is 0.375 e. The van der Waals surface area contributed by atoms with Gasteiger partial charge in [-0.15, -0.1) is 12.4 Å². The summed E-state index contributed by atoms with van der Waals surface area (Å²) in [7, 11) is 0. The lowest BCUT2D eigenvalue weighted by molar-refractivity contribution is 0.0349. The van der Waals surface area contributed by atoms with Crippen LogP contribution in [-0.4, -0.2) is 18.8 Å². The lowest BCUT2D eigenvalue weighted by Crippen LogP contribution is -2.17. The first-order chi connectivity index (χ1) is 4.64. The molecular formula is C8H18ClNO. The van der Waals surface area contributed by atoms with Crippen molar-refractivity contribution in [3.8, 4) is 0 Å². The van der Waals surface area contributed by atoms with Gasteiger partial charge in [0.15, 0.2) is 0 Å². The Balaban J connectivity index is 0.000001000. The lowest BCUT2D eigenvalue weighted by Gasteiger charge is -2.15. The van der Waals surface area contributed by atoms with Gasteiger partial charge < -0.3 is 10.5 Å². The highest BCUT2D eigenvalue weighted by Gasteiger charge is 2.30. The molecule has 0 aromatic rings. The van der Waals surface area contributed by atoms with Gasteiger partial charge in [-0.05, 0) is 39.2 Å². The van der Waals surface area contributed by atoms with E-state index in [0.717, 1.165) is 19.6 Å². The summed E-state index contributed by atoms with van der Waals surface area (Å²) >= 11 is 0. The van der Waals surface area contributed by atoms with Gasteiger partial charge in [0.05, 0.1) is 12.2 Å². The fraction of sp³-hybridized carbons (Fsp3) is 1.00. The molecule has 2 nitrogen and oxygen atoms in total. The molecule has 0 radical (unpaired) electrons. The van der Waals surface area contributed by atoms with Crippen molar-refractivity contribution in [2.24, 2.45) is 11.7 Å². The van der Waals surface area contributed by atoms with E-state index in [1.165, 1.54) is 6.42 Å². The highest BCUT2D eigenvalue weighted by Crippen LogP contribution is 2.30. The third kappa shape index (κ3) is 3.41. The number of hydrogen-bond acceptors (Lipinski definition) is 2. The predicted molar refractivity (Wildman–Crippen MR) is 49.1 cm³/mol. The van der Waals surface area contributed by atoms with E-state index in [1.807, 2.05) is 0 Å². The zero-order valence-corrected chi connectivity index (χ0v) is 8.12. The average molecular weight is 180 g/mol. The Morgan fingerprint density at radius 1 is 1.55 bits per heavy atom. The Bertz CT molecular complexity index is 117. The van der Waals surface area contributed by atoms with E-state index in [-0.39, 0.29) is 18.0 Å². The van der Waals surface area contributed by atoms with Crippen molar-refractivity contribution in [1.82, 2.24) is 0 Å². The first-order valence-electron chi connectivity index (χ1n) is 3.98. The van der Waals surface area contributed by atoms with E-state index in [9.17, 15) is 0 Å². The van der Waals surface area contributed by atoms with E-state index >= 15 is 0 Å². The topological polar surface area (TPSA) is 35.2 Å². The molecule has 0 saturated carbocycles. The summed E-state index contributed by atoms with van der Waals surface area (Å²) in [6, 6.07) is 0. The minimum atomic E-state index is 0. The van der Waals surface area contributed by atoms with Crippen LogP contribution < -0.4 is 5.73 Å². The first kappa shape index (κ1) is 11.2. The van der Waals surface area contributed by atoms with Gasteiger partial charge in [0.2, 0.25) is 0 Å². The number of halogens is 1. The molecule has 1 aliphatic heterocycles. The van der Waals surface area contributed by atoms with Crippen molar-refractivity contribution in [2.45, 2.75) is 32.3 Å². The van der Waals surface area contributed by atoms with Crippen LogP contribution in [0.1, 0.15) is 26.7 Å². The SMILES string of the molecule is CC1(C)CC(CCN)CO1.Cl. The van der Waals surface area contributed by atoms with Crippen LogP contribution >= 0.6 is 12.4 Å². The highest BCUT2D eigenvalue weighted by atomic mass is 35.5. The van der Waals surface area contributed by atoms with Crippen LogP contribution in [-0.2, 0) is 4.74 Å². The molecule has 11 heavy (non-hydrogen) atoms. The van der Waals surface area contributed by atoms with E-state index in [0.29, 0.717) is 5.92 Å². The second kappa shape index (κ2) is 4.29. The fourth-order valence-corrected chi connectivity index (χ4v) is 1.58. The molecule has 1 unspecified atom stereocenters. The normalized spacial score (nSPS) is 28.1. The van der Waals surface area contributed by atoms with Crippen LogP contribution in [0.25, 0.3) is 0 Å². The van der Waals surface area contributed by atoms with E-state index < -0.39 is 0 Å². The van der Waals surface area contributed by atoms with E-state index in [2.05, 4.69) is 13.8 Å². The Morgan fingerprint density at radius 2 is 2.18 bits per heavy atom. The predicted octanol–water partition coefficient (Wildman–Crippen LogP) is 1.57. The molecule has 0 aromatic heterocycles. The zero-order valence-electron chi connectivity index (χ0n) is 7.30. The summed E-state index contributed by atoms with van der Waals surface area (Å²) in [4.78, 5) is 0. The Kier molecular flexibility index (Phi) is 4.37. The molecular weight excluding hydrogens is 162 g/mol. The second-order valence-corrected chi connectivity index (χ2v) is 3.72. The monoisotopic (exact) mass is 179 g/mol. The van der Waals surface area contributed by atoms with Crippen molar-refractivity contribution >= 4 is 12.4 Å². The van der Waals surface area contributed by atoms with Gasteiger partial charge >= 0.3 is 0 Å². The molecule has 0 amide bonds. The molecule has 3 heteroatoms. The summed E-state index contributed by atoms with van der Waals surface area (Å²) in [5.74, 6) is 0.708. The van der Waals surface area contributed by atoms with Gasteiger partial charge in [-0.1, -0.05) is 0 Å². The van der Waals surface area contributed by atoms with E-state index in [4.69, 9.17) is 10.5 Å². The average Bonchev–Trinajstić information content (AvgIpc) is 2.12. The Morgan fingerprint density at radius 3 is 2.55 bits per heavy atom.